The second-order valence-electron chi connectivity index (χ2n) is 7.13. The van der Waals surface area contributed by atoms with E-state index in [0.29, 0.717) is 19.5 Å². The summed E-state index contributed by atoms with van der Waals surface area (Å²) >= 11 is 0. The van der Waals surface area contributed by atoms with Crippen molar-refractivity contribution in [3.63, 3.8) is 0 Å². The molecule has 2 aliphatic heterocycles. The number of fused-ring (bicyclic) bond motifs is 1. The van der Waals surface area contributed by atoms with Crippen LogP contribution in [0, 0.1) is 11.6 Å². The van der Waals surface area contributed by atoms with Crippen molar-refractivity contribution >= 4 is 5.91 Å². The van der Waals surface area contributed by atoms with Crippen LogP contribution < -0.4 is 10.1 Å². The molecule has 1 amide bonds. The quantitative estimate of drug-likeness (QED) is 0.872. The van der Waals surface area contributed by atoms with Gasteiger partial charge in [-0.2, -0.15) is 0 Å². The Hall–Kier alpha value is -2.61. The van der Waals surface area contributed by atoms with Crippen molar-refractivity contribution < 1.29 is 18.3 Å². The van der Waals surface area contributed by atoms with Gasteiger partial charge in [-0.3, -0.25) is 4.79 Å². The molecule has 2 aliphatic rings. The van der Waals surface area contributed by atoms with Gasteiger partial charge in [0.25, 0.3) is 5.91 Å². The number of carbonyl (C=O) groups excluding carboxylic acids is 1. The summed E-state index contributed by atoms with van der Waals surface area (Å²) in [6.45, 7) is 1.61. The van der Waals surface area contributed by atoms with E-state index in [4.69, 9.17) is 9.72 Å². The summed E-state index contributed by atoms with van der Waals surface area (Å²) in [7, 11) is 0. The van der Waals surface area contributed by atoms with Crippen LogP contribution in [0.2, 0.25) is 0 Å². The third kappa shape index (κ3) is 4.11. The molecular weight excluding hydrogens is 366 g/mol. The van der Waals surface area contributed by atoms with E-state index in [2.05, 4.69) is 10.3 Å². The SMILES string of the molecule is O=C(COc1ccc(F)cc1F)N1CCc2nc([C@H]3CCCCN3)ncc2C1. The third-order valence-corrected chi connectivity index (χ3v) is 5.17. The zero-order valence-electron chi connectivity index (χ0n) is 15.5. The Bertz CT molecular complexity index is 871. The maximum Gasteiger partial charge on any atom is 0.260 e. The molecule has 6 nitrogen and oxygen atoms in total. The predicted octanol–water partition coefficient (Wildman–Crippen LogP) is 2.53. The van der Waals surface area contributed by atoms with Gasteiger partial charge in [0.05, 0.1) is 11.7 Å². The number of ether oxygens (including phenoxy) is 1. The van der Waals surface area contributed by atoms with E-state index in [1.165, 1.54) is 18.9 Å². The fraction of sp³-hybridized carbons (Fsp3) is 0.450. The topological polar surface area (TPSA) is 67.3 Å². The molecule has 1 saturated heterocycles. The lowest BCUT2D eigenvalue weighted by Crippen LogP contribution is -2.39. The number of rotatable bonds is 4. The molecule has 4 rings (SSSR count). The second-order valence-corrected chi connectivity index (χ2v) is 7.13. The van der Waals surface area contributed by atoms with E-state index < -0.39 is 11.6 Å². The Labute approximate surface area is 161 Å². The van der Waals surface area contributed by atoms with Crippen LogP contribution >= 0.6 is 0 Å². The first-order chi connectivity index (χ1) is 13.6. The van der Waals surface area contributed by atoms with E-state index in [-0.39, 0.29) is 24.3 Å². The largest absolute Gasteiger partial charge is 0.481 e. The summed E-state index contributed by atoms with van der Waals surface area (Å²) in [5.74, 6) is -1.08. The van der Waals surface area contributed by atoms with Gasteiger partial charge in [-0.15, -0.1) is 0 Å². The van der Waals surface area contributed by atoms with E-state index in [9.17, 15) is 13.6 Å². The molecule has 2 aromatic rings. The number of benzene rings is 1. The molecule has 0 aliphatic carbocycles. The molecule has 148 valence electrons. The summed E-state index contributed by atoms with van der Waals surface area (Å²) in [5, 5.41) is 3.45. The lowest BCUT2D eigenvalue weighted by Gasteiger charge is -2.29. The number of amides is 1. The van der Waals surface area contributed by atoms with Crippen LogP contribution in [-0.4, -0.2) is 40.5 Å². The van der Waals surface area contributed by atoms with Crippen LogP contribution in [-0.2, 0) is 17.8 Å². The highest BCUT2D eigenvalue weighted by molar-refractivity contribution is 5.78. The highest BCUT2D eigenvalue weighted by Crippen LogP contribution is 2.23. The van der Waals surface area contributed by atoms with Gasteiger partial charge in [-0.1, -0.05) is 6.42 Å². The van der Waals surface area contributed by atoms with E-state index in [1.54, 1.807) is 11.1 Å². The Morgan fingerprint density at radius 2 is 2.21 bits per heavy atom. The van der Waals surface area contributed by atoms with Crippen molar-refractivity contribution in [2.24, 2.45) is 0 Å². The maximum absolute atomic E-state index is 13.6. The zero-order valence-corrected chi connectivity index (χ0v) is 15.5. The number of piperidine rings is 1. The Morgan fingerprint density at radius 1 is 1.32 bits per heavy atom. The predicted molar refractivity (Wildman–Crippen MR) is 97.6 cm³/mol. The minimum absolute atomic E-state index is 0.139. The van der Waals surface area contributed by atoms with Gasteiger partial charge < -0.3 is 15.0 Å². The summed E-state index contributed by atoms with van der Waals surface area (Å²) in [5.41, 5.74) is 1.90. The molecule has 0 bridgehead atoms. The Morgan fingerprint density at radius 3 is 3.00 bits per heavy atom. The summed E-state index contributed by atoms with van der Waals surface area (Å²) in [4.78, 5) is 23.3. The molecular formula is C20H22F2N4O2. The lowest BCUT2D eigenvalue weighted by atomic mass is 10.0. The first-order valence-electron chi connectivity index (χ1n) is 9.54. The van der Waals surface area contributed by atoms with Gasteiger partial charge in [0.15, 0.2) is 18.2 Å². The second kappa shape index (κ2) is 8.18. The minimum atomic E-state index is -0.825. The number of carbonyl (C=O) groups is 1. The highest BCUT2D eigenvalue weighted by atomic mass is 19.1. The standard InChI is InChI=1S/C20H22F2N4O2/c21-14-4-5-18(15(22)9-14)28-12-19(27)26-8-6-16-13(11-26)10-24-20(25-16)17-3-1-2-7-23-17/h4-5,9-10,17,23H,1-3,6-8,11-12H2/t17-/m1/s1. The summed E-state index contributed by atoms with van der Waals surface area (Å²) < 4.78 is 31.8. The van der Waals surface area contributed by atoms with Crippen molar-refractivity contribution in [3.8, 4) is 5.75 Å². The third-order valence-electron chi connectivity index (χ3n) is 5.17. The Kier molecular flexibility index (Phi) is 5.47. The molecule has 0 unspecified atom stereocenters. The van der Waals surface area contributed by atoms with Crippen LogP contribution in [0.1, 0.15) is 42.4 Å². The van der Waals surface area contributed by atoms with Gasteiger partial charge in [0.1, 0.15) is 11.6 Å². The van der Waals surface area contributed by atoms with Crippen molar-refractivity contribution in [1.82, 2.24) is 20.2 Å². The first-order valence-corrected chi connectivity index (χ1v) is 9.54. The maximum atomic E-state index is 13.6. The number of halogens is 2. The fourth-order valence-corrected chi connectivity index (χ4v) is 3.61. The average Bonchev–Trinajstić information content (AvgIpc) is 2.73. The zero-order chi connectivity index (χ0) is 19.5. The van der Waals surface area contributed by atoms with Crippen LogP contribution in [0.5, 0.6) is 5.75 Å². The molecule has 0 radical (unpaired) electrons. The fourth-order valence-electron chi connectivity index (χ4n) is 3.61. The molecule has 1 aromatic heterocycles. The molecule has 28 heavy (non-hydrogen) atoms. The van der Waals surface area contributed by atoms with E-state index in [0.717, 1.165) is 42.2 Å². The molecule has 1 N–H and O–H groups in total. The number of aromatic nitrogens is 2. The van der Waals surface area contributed by atoms with E-state index in [1.807, 2.05) is 0 Å². The first kappa shape index (κ1) is 18.7. The normalized spacial score (nSPS) is 19.2. The van der Waals surface area contributed by atoms with Crippen LogP contribution in [0.25, 0.3) is 0 Å². The molecule has 1 fully saturated rings. The van der Waals surface area contributed by atoms with E-state index >= 15 is 0 Å². The van der Waals surface area contributed by atoms with Gasteiger partial charge in [0, 0.05) is 37.3 Å². The lowest BCUT2D eigenvalue weighted by molar-refractivity contribution is -0.134. The van der Waals surface area contributed by atoms with Crippen LogP contribution in [0.15, 0.2) is 24.4 Å². The highest BCUT2D eigenvalue weighted by Gasteiger charge is 2.25. The average molecular weight is 388 g/mol. The molecule has 8 heteroatoms. The minimum Gasteiger partial charge on any atom is -0.481 e. The van der Waals surface area contributed by atoms with Gasteiger partial charge in [0.2, 0.25) is 0 Å². The summed E-state index contributed by atoms with van der Waals surface area (Å²) in [6.07, 6.45) is 5.85. The smallest absolute Gasteiger partial charge is 0.260 e. The van der Waals surface area contributed by atoms with Crippen molar-refractivity contribution in [2.75, 3.05) is 19.7 Å². The molecule has 1 aromatic carbocycles. The Balaban J connectivity index is 1.37. The van der Waals surface area contributed by atoms with Crippen LogP contribution in [0.3, 0.4) is 0 Å². The van der Waals surface area contributed by atoms with Gasteiger partial charge in [-0.05, 0) is 31.5 Å². The monoisotopic (exact) mass is 388 g/mol. The van der Waals surface area contributed by atoms with Crippen LogP contribution in [0.4, 0.5) is 8.78 Å². The number of nitrogens with zero attached hydrogens (tertiary/aromatic N) is 3. The summed E-state index contributed by atoms with van der Waals surface area (Å²) in [6, 6.07) is 3.21. The molecule has 1 atom stereocenters. The molecule has 0 spiro atoms. The molecule has 0 saturated carbocycles. The number of nitrogens with one attached hydrogen (secondary N) is 1. The number of hydrogen-bond donors (Lipinski definition) is 1. The van der Waals surface area contributed by atoms with Gasteiger partial charge >= 0.3 is 0 Å². The molecule has 3 heterocycles. The van der Waals surface area contributed by atoms with Crippen molar-refractivity contribution in [3.05, 3.63) is 53.1 Å². The number of hydrogen-bond acceptors (Lipinski definition) is 5. The van der Waals surface area contributed by atoms with Gasteiger partial charge in [-0.25, -0.2) is 18.7 Å². The van der Waals surface area contributed by atoms with Crippen molar-refractivity contribution in [1.29, 1.82) is 0 Å². The van der Waals surface area contributed by atoms with Crippen molar-refractivity contribution in [2.45, 2.75) is 38.3 Å².